The highest BCUT2D eigenvalue weighted by molar-refractivity contribution is 7.99. The highest BCUT2D eigenvalue weighted by Gasteiger charge is 2.44. The van der Waals surface area contributed by atoms with Crippen molar-refractivity contribution in [2.75, 3.05) is 12.3 Å². The molecule has 0 aliphatic heterocycles. The number of hydrogen-bond donors (Lipinski definition) is 2. The third-order valence-corrected chi connectivity index (χ3v) is 2.86. The van der Waals surface area contributed by atoms with Gasteiger partial charge in [0.1, 0.15) is 0 Å². The Labute approximate surface area is 83.8 Å². The van der Waals surface area contributed by atoms with Crippen LogP contribution in [0.3, 0.4) is 0 Å². The number of rotatable bonds is 5. The third-order valence-electron chi connectivity index (χ3n) is 1.57. The predicted octanol–water partition coefficient (Wildman–Crippen LogP) is 1.33. The van der Waals surface area contributed by atoms with Crippen LogP contribution in [0.15, 0.2) is 0 Å². The first-order valence-electron chi connectivity index (χ1n) is 3.90. The monoisotopic (exact) mass is 231 g/mol. The molecule has 0 aromatic rings. The van der Waals surface area contributed by atoms with Gasteiger partial charge in [0.05, 0.1) is 0 Å². The SMILES string of the molecule is CC(CN)SCC(C(=O)O)C(F)(F)F. The fourth-order valence-electron chi connectivity index (χ4n) is 0.634. The lowest BCUT2D eigenvalue weighted by atomic mass is 10.2. The lowest BCUT2D eigenvalue weighted by Gasteiger charge is -2.17. The van der Waals surface area contributed by atoms with Gasteiger partial charge in [-0.1, -0.05) is 6.92 Å². The Hall–Kier alpha value is -0.430. The van der Waals surface area contributed by atoms with Crippen molar-refractivity contribution in [2.24, 2.45) is 11.7 Å². The van der Waals surface area contributed by atoms with Crippen molar-refractivity contribution < 1.29 is 23.1 Å². The average molecular weight is 231 g/mol. The number of carboxylic acids is 1. The van der Waals surface area contributed by atoms with Gasteiger partial charge < -0.3 is 10.8 Å². The lowest BCUT2D eigenvalue weighted by molar-refractivity contribution is -0.188. The Balaban J connectivity index is 4.19. The molecule has 0 bridgehead atoms. The molecule has 84 valence electrons. The van der Waals surface area contributed by atoms with Gasteiger partial charge in [-0.2, -0.15) is 24.9 Å². The van der Waals surface area contributed by atoms with Crippen molar-refractivity contribution >= 4 is 17.7 Å². The van der Waals surface area contributed by atoms with E-state index in [0.717, 1.165) is 11.8 Å². The van der Waals surface area contributed by atoms with Crippen LogP contribution in [0.4, 0.5) is 13.2 Å². The standard InChI is InChI=1S/C7H12F3NO2S/c1-4(2-11)14-3-5(6(12)13)7(8,9)10/h4-5H,2-3,11H2,1H3,(H,12,13). The van der Waals surface area contributed by atoms with Crippen LogP contribution in [0.5, 0.6) is 0 Å². The summed E-state index contributed by atoms with van der Waals surface area (Å²) in [6.07, 6.45) is -4.69. The predicted molar refractivity (Wildman–Crippen MR) is 48.2 cm³/mol. The van der Waals surface area contributed by atoms with Crippen LogP contribution >= 0.6 is 11.8 Å². The number of nitrogens with two attached hydrogens (primary N) is 1. The van der Waals surface area contributed by atoms with E-state index in [9.17, 15) is 18.0 Å². The highest BCUT2D eigenvalue weighted by atomic mass is 32.2. The normalized spacial score (nSPS) is 16.4. The molecule has 0 spiro atoms. The summed E-state index contributed by atoms with van der Waals surface area (Å²) in [5, 5.41) is 8.16. The maximum Gasteiger partial charge on any atom is 0.403 e. The Morgan fingerprint density at radius 2 is 2.07 bits per heavy atom. The molecule has 3 N–H and O–H groups in total. The molecule has 0 radical (unpaired) electrons. The van der Waals surface area contributed by atoms with Gasteiger partial charge in [0.15, 0.2) is 5.92 Å². The van der Waals surface area contributed by atoms with Gasteiger partial charge in [0, 0.05) is 17.5 Å². The van der Waals surface area contributed by atoms with Crippen molar-refractivity contribution in [1.82, 2.24) is 0 Å². The molecule has 0 saturated heterocycles. The summed E-state index contributed by atoms with van der Waals surface area (Å²) in [5.74, 6) is -4.63. The van der Waals surface area contributed by atoms with Crippen LogP contribution in [0, 0.1) is 5.92 Å². The van der Waals surface area contributed by atoms with Gasteiger partial charge in [-0.05, 0) is 0 Å². The molecular formula is C7H12F3NO2S. The summed E-state index contributed by atoms with van der Waals surface area (Å²) >= 11 is 0.914. The summed E-state index contributed by atoms with van der Waals surface area (Å²) in [4.78, 5) is 10.3. The Kier molecular flexibility index (Phi) is 5.28. The molecule has 0 aliphatic rings. The minimum Gasteiger partial charge on any atom is -0.481 e. The molecule has 0 fully saturated rings. The second-order valence-electron chi connectivity index (χ2n) is 2.81. The molecule has 0 aliphatic carbocycles. The molecule has 0 saturated carbocycles. The van der Waals surface area contributed by atoms with Crippen molar-refractivity contribution in [3.63, 3.8) is 0 Å². The molecular weight excluding hydrogens is 219 g/mol. The van der Waals surface area contributed by atoms with Gasteiger partial charge in [-0.3, -0.25) is 4.79 Å². The van der Waals surface area contributed by atoms with Gasteiger partial charge in [-0.15, -0.1) is 0 Å². The molecule has 0 aromatic heterocycles. The first kappa shape index (κ1) is 13.6. The second kappa shape index (κ2) is 5.45. The lowest BCUT2D eigenvalue weighted by Crippen LogP contribution is -2.33. The maximum atomic E-state index is 12.1. The Morgan fingerprint density at radius 3 is 2.36 bits per heavy atom. The zero-order valence-corrected chi connectivity index (χ0v) is 8.36. The van der Waals surface area contributed by atoms with Crippen LogP contribution < -0.4 is 5.73 Å². The molecule has 14 heavy (non-hydrogen) atoms. The van der Waals surface area contributed by atoms with Crippen LogP contribution in [0.2, 0.25) is 0 Å². The van der Waals surface area contributed by atoms with Crippen molar-refractivity contribution in [1.29, 1.82) is 0 Å². The number of alkyl halides is 3. The molecule has 0 rings (SSSR count). The summed E-state index contributed by atoms with van der Waals surface area (Å²) in [7, 11) is 0. The fourth-order valence-corrected chi connectivity index (χ4v) is 1.62. The largest absolute Gasteiger partial charge is 0.481 e. The van der Waals surface area contributed by atoms with E-state index in [-0.39, 0.29) is 11.8 Å². The number of aliphatic carboxylic acids is 1. The Bertz CT molecular complexity index is 198. The van der Waals surface area contributed by atoms with Crippen LogP contribution in [-0.4, -0.2) is 34.8 Å². The number of thioether (sulfide) groups is 1. The van der Waals surface area contributed by atoms with E-state index >= 15 is 0 Å². The van der Waals surface area contributed by atoms with E-state index in [1.807, 2.05) is 0 Å². The van der Waals surface area contributed by atoms with Crippen LogP contribution in [0.25, 0.3) is 0 Å². The molecule has 0 heterocycles. The summed E-state index contributed by atoms with van der Waals surface area (Å²) < 4.78 is 36.3. The smallest absolute Gasteiger partial charge is 0.403 e. The number of halogens is 3. The summed E-state index contributed by atoms with van der Waals surface area (Å²) in [6.45, 7) is 1.88. The maximum absolute atomic E-state index is 12.1. The zero-order chi connectivity index (χ0) is 11.4. The van der Waals surface area contributed by atoms with Crippen LogP contribution in [-0.2, 0) is 4.79 Å². The summed E-state index contributed by atoms with van der Waals surface area (Å²) in [5.41, 5.74) is 5.19. The molecule has 0 amide bonds. The number of hydrogen-bond acceptors (Lipinski definition) is 3. The topological polar surface area (TPSA) is 63.3 Å². The van der Waals surface area contributed by atoms with Gasteiger partial charge in [0.2, 0.25) is 0 Å². The first-order chi connectivity index (χ1) is 6.29. The highest BCUT2D eigenvalue weighted by Crippen LogP contribution is 2.30. The summed E-state index contributed by atoms with van der Waals surface area (Å²) in [6, 6.07) is 0. The quantitative estimate of drug-likeness (QED) is 0.749. The first-order valence-corrected chi connectivity index (χ1v) is 4.95. The number of carbonyl (C=O) groups is 1. The van der Waals surface area contributed by atoms with Gasteiger partial charge in [-0.25, -0.2) is 0 Å². The molecule has 2 unspecified atom stereocenters. The van der Waals surface area contributed by atoms with E-state index in [4.69, 9.17) is 10.8 Å². The Morgan fingerprint density at radius 1 is 1.57 bits per heavy atom. The van der Waals surface area contributed by atoms with Crippen molar-refractivity contribution in [2.45, 2.75) is 18.3 Å². The zero-order valence-electron chi connectivity index (χ0n) is 7.54. The van der Waals surface area contributed by atoms with Gasteiger partial charge >= 0.3 is 12.1 Å². The second-order valence-corrected chi connectivity index (χ2v) is 4.28. The average Bonchev–Trinajstić information content (AvgIpc) is 2.01. The van der Waals surface area contributed by atoms with E-state index in [1.165, 1.54) is 0 Å². The molecule has 7 heteroatoms. The molecule has 0 aromatic carbocycles. The molecule has 3 nitrogen and oxygen atoms in total. The van der Waals surface area contributed by atoms with Crippen LogP contribution in [0.1, 0.15) is 6.92 Å². The number of carboxylic acid groups (broad SMARTS) is 1. The van der Waals surface area contributed by atoms with E-state index in [0.29, 0.717) is 0 Å². The minimum absolute atomic E-state index is 0.167. The van der Waals surface area contributed by atoms with E-state index in [1.54, 1.807) is 6.92 Å². The third kappa shape index (κ3) is 4.71. The van der Waals surface area contributed by atoms with Gasteiger partial charge in [0.25, 0.3) is 0 Å². The molecule has 2 atom stereocenters. The fraction of sp³-hybridized carbons (Fsp3) is 0.857. The minimum atomic E-state index is -4.69. The van der Waals surface area contributed by atoms with Crippen molar-refractivity contribution in [3.05, 3.63) is 0 Å². The van der Waals surface area contributed by atoms with Crippen molar-refractivity contribution in [3.8, 4) is 0 Å². The van der Waals surface area contributed by atoms with E-state index < -0.39 is 23.8 Å². The van der Waals surface area contributed by atoms with E-state index in [2.05, 4.69) is 0 Å².